The Balaban J connectivity index is 3.39. The summed E-state index contributed by atoms with van der Waals surface area (Å²) in [4.78, 5) is 24.3. The molecule has 0 aliphatic heterocycles. The molecule has 2 nitrogen and oxygen atoms in total. The lowest BCUT2D eigenvalue weighted by molar-refractivity contribution is -0.111. The van der Waals surface area contributed by atoms with Gasteiger partial charge in [-0.05, 0) is 44.4 Å². The van der Waals surface area contributed by atoms with Gasteiger partial charge in [-0.15, -0.1) is 0 Å². The molecule has 0 aliphatic rings. The molecule has 282 valence electrons. The number of unbranched alkanes of at least 4 members (excludes halogenated alkanes) is 24. The lowest BCUT2D eigenvalue weighted by Gasteiger charge is -2.11. The Morgan fingerprint density at radius 3 is 1.10 bits per heavy atom. The maximum absolute atomic E-state index is 12.1. The number of thioether (sulfide) groups is 2. The van der Waals surface area contributed by atoms with E-state index in [1.807, 2.05) is 0 Å². The molecule has 0 fully saturated rings. The van der Waals surface area contributed by atoms with Crippen LogP contribution < -0.4 is 0 Å². The zero-order valence-electron chi connectivity index (χ0n) is 32.6. The highest BCUT2D eigenvalue weighted by Crippen LogP contribution is 2.20. The Labute approximate surface area is 310 Å². The Kier molecular flexibility index (Phi) is 40.5. The molecule has 0 N–H and O–H groups in total. The molecule has 4 heteroatoms. The first-order chi connectivity index (χ1) is 23.6. The van der Waals surface area contributed by atoms with Crippen LogP contribution in [0.2, 0.25) is 0 Å². The van der Waals surface area contributed by atoms with Crippen molar-refractivity contribution in [1.82, 2.24) is 0 Å². The van der Waals surface area contributed by atoms with E-state index in [4.69, 9.17) is 0 Å². The van der Waals surface area contributed by atoms with Crippen LogP contribution in [0.15, 0.2) is 24.3 Å². The highest BCUT2D eigenvalue weighted by atomic mass is 32.2. The fourth-order valence-corrected chi connectivity index (χ4v) is 7.73. The van der Waals surface area contributed by atoms with Crippen LogP contribution in [0.5, 0.6) is 0 Å². The van der Waals surface area contributed by atoms with Crippen molar-refractivity contribution in [2.24, 2.45) is 5.92 Å². The van der Waals surface area contributed by atoms with Gasteiger partial charge in [0.2, 0.25) is 0 Å². The standard InChI is InChI=1S/C44H82O2S2/c1-4-6-8-10-12-14-16-18-20-28-34-40-47-43(45)38-32-26-22-24-30-36-42(3)37-31-25-23-27-33-39-44(46)48-41-35-29-21-19-17-15-13-11-9-7-5-2/h28-29,34-35,42H,4-27,30-33,36-41H2,1-3H3/b34-28-,35-29-. The van der Waals surface area contributed by atoms with E-state index in [0.29, 0.717) is 10.2 Å². The number of carbonyl (C=O) groups is 2. The van der Waals surface area contributed by atoms with E-state index in [2.05, 4.69) is 45.1 Å². The maximum atomic E-state index is 12.1. The quantitative estimate of drug-likeness (QED) is 0.0473. The molecule has 0 radical (unpaired) electrons. The van der Waals surface area contributed by atoms with E-state index in [1.54, 1.807) is 0 Å². The topological polar surface area (TPSA) is 34.1 Å². The summed E-state index contributed by atoms with van der Waals surface area (Å²) < 4.78 is 0. The van der Waals surface area contributed by atoms with Crippen molar-refractivity contribution >= 4 is 33.8 Å². The van der Waals surface area contributed by atoms with E-state index in [9.17, 15) is 9.59 Å². The first-order valence-electron chi connectivity index (χ1n) is 21.2. The third-order valence-electron chi connectivity index (χ3n) is 9.62. The second kappa shape index (κ2) is 40.9. The van der Waals surface area contributed by atoms with Crippen molar-refractivity contribution in [1.29, 1.82) is 0 Å². The van der Waals surface area contributed by atoms with Crippen molar-refractivity contribution in [3.63, 3.8) is 0 Å². The van der Waals surface area contributed by atoms with Crippen LogP contribution >= 0.6 is 23.5 Å². The molecule has 0 spiro atoms. The lowest BCUT2D eigenvalue weighted by Crippen LogP contribution is -1.96. The SMILES string of the molecule is CCCCCCCCCC/C=C\CSC(=O)CCCCCCCC(C)CCCCCCCC(=O)SC/C=C\CCCCCCCCCC. The minimum atomic E-state index is 0.373. The second-order valence-corrected chi connectivity index (χ2v) is 16.7. The molecule has 0 aromatic heterocycles. The Morgan fingerprint density at radius 2 is 0.729 bits per heavy atom. The van der Waals surface area contributed by atoms with Gasteiger partial charge in [-0.25, -0.2) is 0 Å². The predicted molar refractivity (Wildman–Crippen MR) is 221 cm³/mol. The zero-order chi connectivity index (χ0) is 35.0. The van der Waals surface area contributed by atoms with Gasteiger partial charge in [0.15, 0.2) is 10.2 Å². The zero-order valence-corrected chi connectivity index (χ0v) is 34.2. The Bertz CT molecular complexity index is 671. The van der Waals surface area contributed by atoms with Crippen LogP contribution in [-0.4, -0.2) is 21.7 Å². The molecule has 0 heterocycles. The first kappa shape index (κ1) is 47.5. The highest BCUT2D eigenvalue weighted by Gasteiger charge is 2.05. The maximum Gasteiger partial charge on any atom is 0.189 e. The van der Waals surface area contributed by atoms with Gasteiger partial charge in [0.25, 0.3) is 0 Å². The summed E-state index contributed by atoms with van der Waals surface area (Å²) in [5.41, 5.74) is 0. The van der Waals surface area contributed by atoms with Gasteiger partial charge in [0, 0.05) is 24.3 Å². The smallest absolute Gasteiger partial charge is 0.189 e. The third-order valence-corrected chi connectivity index (χ3v) is 11.4. The van der Waals surface area contributed by atoms with Crippen molar-refractivity contribution < 1.29 is 9.59 Å². The highest BCUT2D eigenvalue weighted by molar-refractivity contribution is 8.14. The number of hydrogen-bond acceptors (Lipinski definition) is 4. The minimum absolute atomic E-state index is 0.373. The van der Waals surface area contributed by atoms with Gasteiger partial charge < -0.3 is 0 Å². The van der Waals surface area contributed by atoms with Gasteiger partial charge in [0.1, 0.15) is 0 Å². The fourth-order valence-electron chi connectivity index (χ4n) is 6.32. The summed E-state index contributed by atoms with van der Waals surface area (Å²) in [7, 11) is 0. The molecule has 0 saturated carbocycles. The van der Waals surface area contributed by atoms with E-state index in [0.717, 1.165) is 43.1 Å². The van der Waals surface area contributed by atoms with E-state index < -0.39 is 0 Å². The predicted octanol–water partition coefficient (Wildman–Crippen LogP) is 15.8. The molecule has 0 aliphatic carbocycles. The van der Waals surface area contributed by atoms with Crippen molar-refractivity contribution in [2.45, 2.75) is 226 Å². The van der Waals surface area contributed by atoms with Crippen LogP contribution in [0.1, 0.15) is 226 Å². The first-order valence-corrected chi connectivity index (χ1v) is 23.2. The summed E-state index contributed by atoms with van der Waals surface area (Å²) in [5.74, 6) is 2.53. The van der Waals surface area contributed by atoms with Crippen LogP contribution in [0, 0.1) is 5.92 Å². The number of carbonyl (C=O) groups excluding carboxylic acids is 2. The number of allylic oxidation sites excluding steroid dienone is 2. The van der Waals surface area contributed by atoms with Gasteiger partial charge in [-0.3, -0.25) is 9.59 Å². The Morgan fingerprint density at radius 1 is 0.417 bits per heavy atom. The third kappa shape index (κ3) is 40.0. The Hall–Kier alpha value is -0.480. The molecular formula is C44H82O2S2. The lowest BCUT2D eigenvalue weighted by atomic mass is 9.96. The molecule has 0 bridgehead atoms. The minimum Gasteiger partial charge on any atom is -0.287 e. The van der Waals surface area contributed by atoms with E-state index in [-0.39, 0.29) is 0 Å². The van der Waals surface area contributed by atoms with Gasteiger partial charge in [-0.2, -0.15) is 0 Å². The molecule has 0 saturated heterocycles. The normalized spacial score (nSPS) is 11.9. The number of rotatable bonds is 38. The average molecular weight is 707 g/mol. The molecular weight excluding hydrogens is 625 g/mol. The monoisotopic (exact) mass is 707 g/mol. The van der Waals surface area contributed by atoms with Crippen LogP contribution in [0.25, 0.3) is 0 Å². The van der Waals surface area contributed by atoms with Crippen LogP contribution in [0.4, 0.5) is 0 Å². The van der Waals surface area contributed by atoms with Crippen molar-refractivity contribution in [2.75, 3.05) is 11.5 Å². The summed E-state index contributed by atoms with van der Waals surface area (Å²) >= 11 is 3.01. The van der Waals surface area contributed by atoms with Gasteiger partial charge in [-0.1, -0.05) is 223 Å². The number of hydrogen-bond donors (Lipinski definition) is 0. The van der Waals surface area contributed by atoms with Gasteiger partial charge in [0.05, 0.1) is 0 Å². The van der Waals surface area contributed by atoms with E-state index >= 15 is 0 Å². The molecule has 48 heavy (non-hydrogen) atoms. The molecule has 0 rings (SSSR count). The van der Waals surface area contributed by atoms with Crippen molar-refractivity contribution in [3.8, 4) is 0 Å². The summed E-state index contributed by atoms with van der Waals surface area (Å²) in [5, 5.41) is 0.746. The van der Waals surface area contributed by atoms with E-state index in [1.165, 1.54) is 203 Å². The summed E-state index contributed by atoms with van der Waals surface area (Å²) in [6.45, 7) is 6.97. The largest absolute Gasteiger partial charge is 0.287 e. The molecule has 0 unspecified atom stereocenters. The molecule has 0 aromatic rings. The second-order valence-electron chi connectivity index (χ2n) is 14.6. The summed E-state index contributed by atoms with van der Waals surface area (Å²) in [6, 6.07) is 0. The average Bonchev–Trinajstić information content (AvgIpc) is 3.08. The molecule has 0 atom stereocenters. The fraction of sp³-hybridized carbons (Fsp3) is 0.864. The molecule has 0 amide bonds. The molecule has 0 aromatic carbocycles. The van der Waals surface area contributed by atoms with Crippen LogP contribution in [-0.2, 0) is 9.59 Å². The van der Waals surface area contributed by atoms with Crippen LogP contribution in [0.3, 0.4) is 0 Å². The summed E-state index contributed by atoms with van der Waals surface area (Å²) in [6.07, 6.45) is 49.8. The van der Waals surface area contributed by atoms with Crippen molar-refractivity contribution in [3.05, 3.63) is 24.3 Å². The van der Waals surface area contributed by atoms with Gasteiger partial charge >= 0.3 is 0 Å².